The van der Waals surface area contributed by atoms with Gasteiger partial charge in [0.1, 0.15) is 24.3 Å². The van der Waals surface area contributed by atoms with Gasteiger partial charge in [0.25, 0.3) is 0 Å². The van der Waals surface area contributed by atoms with E-state index in [2.05, 4.69) is 11.1 Å². The van der Waals surface area contributed by atoms with Crippen molar-refractivity contribution in [1.29, 1.82) is 5.26 Å². The average molecular weight is 347 g/mol. The van der Waals surface area contributed by atoms with Crippen LogP contribution in [-0.4, -0.2) is 18.2 Å². The third-order valence-electron chi connectivity index (χ3n) is 3.46. The maximum absolute atomic E-state index is 9.33. The molecule has 1 aromatic carbocycles. The lowest BCUT2D eigenvalue weighted by atomic mass is 10.1. The molecule has 0 atom stereocenters. The molecule has 0 N–H and O–H groups in total. The van der Waals surface area contributed by atoms with Crippen LogP contribution in [0.25, 0.3) is 0 Å². The number of nitrogens with zero attached hydrogens (tertiary/aromatic N) is 2. The number of fused-ring (bicyclic) bond motifs is 1. The lowest BCUT2D eigenvalue weighted by molar-refractivity contribution is 0.171. The van der Waals surface area contributed by atoms with Gasteiger partial charge >= 0.3 is 0 Å². The lowest BCUT2D eigenvalue weighted by Crippen LogP contribution is -2.15. The van der Waals surface area contributed by atoms with E-state index in [1.807, 2.05) is 32.0 Å². The maximum atomic E-state index is 9.33. The average Bonchev–Trinajstić information content (AvgIpc) is 2.52. The molecule has 1 aliphatic rings. The van der Waals surface area contributed by atoms with E-state index in [4.69, 9.17) is 21.1 Å². The molecular formula is C17H15ClN2O2S. The zero-order chi connectivity index (χ0) is 16.4. The number of halogens is 1. The molecule has 0 saturated heterocycles. The molecule has 0 bridgehead atoms. The van der Waals surface area contributed by atoms with Gasteiger partial charge in [-0.3, -0.25) is 0 Å². The Morgan fingerprint density at radius 1 is 1.26 bits per heavy atom. The maximum Gasteiger partial charge on any atom is 0.179 e. The fourth-order valence-electron chi connectivity index (χ4n) is 2.44. The van der Waals surface area contributed by atoms with Crippen molar-refractivity contribution in [2.75, 3.05) is 13.2 Å². The van der Waals surface area contributed by atoms with Crippen molar-refractivity contribution in [3.8, 4) is 17.6 Å². The predicted octanol–water partition coefficient (Wildman–Crippen LogP) is 4.29. The number of benzene rings is 1. The van der Waals surface area contributed by atoms with Crippen molar-refractivity contribution >= 4 is 23.4 Å². The molecule has 6 heteroatoms. The van der Waals surface area contributed by atoms with Crippen molar-refractivity contribution in [1.82, 2.24) is 4.98 Å². The van der Waals surface area contributed by atoms with Crippen LogP contribution in [0.5, 0.6) is 11.5 Å². The highest BCUT2D eigenvalue weighted by Gasteiger charge is 2.17. The number of aryl methyl sites for hydroxylation is 2. The molecule has 0 spiro atoms. The predicted molar refractivity (Wildman–Crippen MR) is 90.4 cm³/mol. The fraction of sp³-hybridized carbons (Fsp3) is 0.294. The van der Waals surface area contributed by atoms with E-state index in [9.17, 15) is 5.26 Å². The Morgan fingerprint density at radius 3 is 2.83 bits per heavy atom. The third-order valence-corrected chi connectivity index (χ3v) is 4.78. The minimum absolute atomic E-state index is 0.513. The first-order valence-corrected chi connectivity index (χ1v) is 8.54. The molecule has 0 radical (unpaired) electrons. The lowest BCUT2D eigenvalue weighted by Gasteiger charge is -2.20. The number of ether oxygens (including phenoxy) is 2. The minimum atomic E-state index is 0.513. The molecule has 118 valence electrons. The summed E-state index contributed by atoms with van der Waals surface area (Å²) >= 11 is 7.78. The summed E-state index contributed by atoms with van der Waals surface area (Å²) in [6, 6.07) is 7.96. The second kappa shape index (κ2) is 6.69. The van der Waals surface area contributed by atoms with E-state index in [1.54, 1.807) is 0 Å². The van der Waals surface area contributed by atoms with E-state index in [1.165, 1.54) is 11.8 Å². The molecule has 1 aliphatic heterocycles. The fourth-order valence-corrected chi connectivity index (χ4v) is 3.76. The van der Waals surface area contributed by atoms with Crippen LogP contribution in [0.3, 0.4) is 0 Å². The Bertz CT molecular complexity index is 802. The summed E-state index contributed by atoms with van der Waals surface area (Å²) < 4.78 is 11.1. The molecule has 0 aliphatic carbocycles. The van der Waals surface area contributed by atoms with Gasteiger partial charge in [-0.1, -0.05) is 11.6 Å². The number of hydrogen-bond acceptors (Lipinski definition) is 5. The molecule has 0 unspecified atom stereocenters. The smallest absolute Gasteiger partial charge is 0.179 e. The van der Waals surface area contributed by atoms with Gasteiger partial charge in [-0.15, -0.1) is 11.8 Å². The zero-order valence-corrected chi connectivity index (χ0v) is 14.4. The zero-order valence-electron chi connectivity index (χ0n) is 12.9. The van der Waals surface area contributed by atoms with Gasteiger partial charge in [0.05, 0.1) is 10.6 Å². The Hall–Kier alpha value is -1.90. The standard InChI is InChI=1S/C17H15ClN2O2S/c1-10-5-11(2)20-17(13(10)8-19)23-9-12-6-14(18)16-15(7-12)21-3-4-22-16/h5-7H,3-4,9H2,1-2H3. The van der Waals surface area contributed by atoms with E-state index in [0.717, 1.165) is 21.8 Å². The van der Waals surface area contributed by atoms with Gasteiger partial charge in [-0.2, -0.15) is 5.26 Å². The second-order valence-electron chi connectivity index (χ2n) is 5.26. The topological polar surface area (TPSA) is 55.1 Å². The van der Waals surface area contributed by atoms with Crippen LogP contribution in [-0.2, 0) is 5.75 Å². The number of aromatic nitrogens is 1. The molecule has 2 aromatic rings. The molecule has 2 heterocycles. The number of rotatable bonds is 3. The summed E-state index contributed by atoms with van der Waals surface area (Å²) in [4.78, 5) is 4.48. The third kappa shape index (κ3) is 3.39. The van der Waals surface area contributed by atoms with Crippen LogP contribution in [0.1, 0.15) is 22.4 Å². The molecule has 0 fully saturated rings. The quantitative estimate of drug-likeness (QED) is 0.776. The van der Waals surface area contributed by atoms with Crippen LogP contribution >= 0.6 is 23.4 Å². The Balaban J connectivity index is 1.85. The SMILES string of the molecule is Cc1cc(C)c(C#N)c(SCc2cc(Cl)c3c(c2)OCCO3)n1. The van der Waals surface area contributed by atoms with Crippen LogP contribution < -0.4 is 9.47 Å². The van der Waals surface area contributed by atoms with Crippen molar-refractivity contribution in [3.05, 3.63) is 45.6 Å². The molecule has 3 rings (SSSR count). The molecule has 23 heavy (non-hydrogen) atoms. The summed E-state index contributed by atoms with van der Waals surface area (Å²) in [6.45, 7) is 4.90. The van der Waals surface area contributed by atoms with E-state index in [-0.39, 0.29) is 0 Å². The summed E-state index contributed by atoms with van der Waals surface area (Å²) in [5.41, 5.74) is 3.49. The first kappa shape index (κ1) is 16.0. The van der Waals surface area contributed by atoms with Crippen molar-refractivity contribution in [3.63, 3.8) is 0 Å². The summed E-state index contributed by atoms with van der Waals surface area (Å²) in [6.07, 6.45) is 0. The van der Waals surface area contributed by atoms with Gasteiger partial charge in [0.2, 0.25) is 0 Å². The Labute approximate surface area is 144 Å². The normalized spacial score (nSPS) is 12.8. The highest BCUT2D eigenvalue weighted by Crippen LogP contribution is 2.39. The van der Waals surface area contributed by atoms with Crippen LogP contribution in [0.2, 0.25) is 5.02 Å². The largest absolute Gasteiger partial charge is 0.486 e. The molecule has 1 aromatic heterocycles. The first-order chi connectivity index (χ1) is 11.1. The second-order valence-corrected chi connectivity index (χ2v) is 6.63. The summed E-state index contributed by atoms with van der Waals surface area (Å²) in [5.74, 6) is 1.93. The summed E-state index contributed by atoms with van der Waals surface area (Å²) in [7, 11) is 0. The van der Waals surface area contributed by atoms with Crippen molar-refractivity contribution in [2.24, 2.45) is 0 Å². The number of nitriles is 1. The highest BCUT2D eigenvalue weighted by molar-refractivity contribution is 7.98. The molecule has 0 amide bonds. The Morgan fingerprint density at radius 2 is 2.04 bits per heavy atom. The molecule has 4 nitrogen and oxygen atoms in total. The van der Waals surface area contributed by atoms with Crippen LogP contribution in [0.4, 0.5) is 0 Å². The number of thioether (sulfide) groups is 1. The van der Waals surface area contributed by atoms with Gasteiger partial charge in [-0.25, -0.2) is 4.98 Å². The summed E-state index contributed by atoms with van der Waals surface area (Å²) in [5, 5.41) is 10.6. The number of hydrogen-bond donors (Lipinski definition) is 0. The van der Waals surface area contributed by atoms with Gasteiger partial charge in [0, 0.05) is 11.4 Å². The van der Waals surface area contributed by atoms with Crippen molar-refractivity contribution < 1.29 is 9.47 Å². The van der Waals surface area contributed by atoms with E-state index in [0.29, 0.717) is 41.1 Å². The van der Waals surface area contributed by atoms with Crippen LogP contribution in [0, 0.1) is 25.2 Å². The van der Waals surface area contributed by atoms with E-state index < -0.39 is 0 Å². The first-order valence-electron chi connectivity index (χ1n) is 7.17. The highest BCUT2D eigenvalue weighted by atomic mass is 35.5. The monoisotopic (exact) mass is 346 g/mol. The number of pyridine rings is 1. The van der Waals surface area contributed by atoms with Gasteiger partial charge < -0.3 is 9.47 Å². The van der Waals surface area contributed by atoms with Crippen LogP contribution in [0.15, 0.2) is 23.2 Å². The minimum Gasteiger partial charge on any atom is -0.486 e. The Kier molecular flexibility index (Phi) is 4.65. The van der Waals surface area contributed by atoms with Gasteiger partial charge in [-0.05, 0) is 43.2 Å². The molecule has 0 saturated carbocycles. The van der Waals surface area contributed by atoms with Crippen molar-refractivity contribution in [2.45, 2.75) is 24.6 Å². The molecular weight excluding hydrogens is 332 g/mol. The van der Waals surface area contributed by atoms with Gasteiger partial charge in [0.15, 0.2) is 11.5 Å². The van der Waals surface area contributed by atoms with E-state index >= 15 is 0 Å².